The first-order valence-corrected chi connectivity index (χ1v) is 51.3. The van der Waals surface area contributed by atoms with Gasteiger partial charge in [0, 0.05) is 171 Å². The number of nitrogens with one attached hydrogen (secondary N) is 4. The van der Waals surface area contributed by atoms with Gasteiger partial charge in [0.2, 0.25) is 5.91 Å². The quantitative estimate of drug-likeness (QED) is 0.0444. The van der Waals surface area contributed by atoms with Crippen LogP contribution in [0, 0.1) is 0 Å². The summed E-state index contributed by atoms with van der Waals surface area (Å²) in [6.07, 6.45) is 10.4. The van der Waals surface area contributed by atoms with Crippen LogP contribution in [0.1, 0.15) is 160 Å². The monoisotopic (exact) mass is 2040 g/mol. The minimum absolute atomic E-state index is 0.000295. The van der Waals surface area contributed by atoms with Gasteiger partial charge in [-0.2, -0.15) is 0 Å². The summed E-state index contributed by atoms with van der Waals surface area (Å²) < 4.78 is 27.0. The number of benzene rings is 5. The average Bonchev–Trinajstić information content (AvgIpc) is 1.60. The Morgan fingerprint density at radius 1 is 0.533 bits per heavy atom. The summed E-state index contributed by atoms with van der Waals surface area (Å²) in [6.45, 7) is 20.6. The van der Waals surface area contributed by atoms with E-state index in [-0.39, 0.29) is 84.4 Å². The van der Waals surface area contributed by atoms with E-state index in [0.29, 0.717) is 102 Å². The highest BCUT2D eigenvalue weighted by Crippen LogP contribution is 2.50. The van der Waals surface area contributed by atoms with Crippen molar-refractivity contribution in [3.8, 4) is 10.4 Å². The third-order valence-corrected chi connectivity index (χ3v) is 32.8. The van der Waals surface area contributed by atoms with E-state index in [1.54, 1.807) is 46.8 Å². The van der Waals surface area contributed by atoms with E-state index in [9.17, 15) is 38.7 Å². The number of anilines is 4. The fourth-order valence-corrected chi connectivity index (χ4v) is 25.0. The van der Waals surface area contributed by atoms with Gasteiger partial charge < -0.3 is 79.5 Å². The molecule has 4 saturated heterocycles. The zero-order chi connectivity index (χ0) is 95.7. The summed E-state index contributed by atoms with van der Waals surface area (Å²) in [6, 6.07) is 47.8. The molecule has 26 nitrogen and oxygen atoms in total. The highest BCUT2D eigenvalue weighted by molar-refractivity contribution is 7.19. The Balaban J connectivity index is 0.000000119. The number of hydrogen-bond acceptors (Lipinski definition) is 25. The maximum atomic E-state index is 13.4. The van der Waals surface area contributed by atoms with E-state index in [4.69, 9.17) is 86.7 Å². The van der Waals surface area contributed by atoms with Crippen molar-refractivity contribution < 1.29 is 62.4 Å². The van der Waals surface area contributed by atoms with E-state index in [0.717, 1.165) is 153 Å². The van der Waals surface area contributed by atoms with Crippen LogP contribution in [-0.4, -0.2) is 241 Å². The van der Waals surface area contributed by atoms with Crippen molar-refractivity contribution in [2.45, 2.75) is 80.5 Å². The number of fused-ring (bicyclic) bond motifs is 6. The molecule has 0 bridgehead atoms. The minimum atomic E-state index is -0.840. The number of carbonyl (C=O) groups is 7. The molecular formula is C101H102Cl5N13O13S5. The molecule has 4 fully saturated rings. The zero-order valence-electron chi connectivity index (χ0n) is 75.6. The molecule has 3 unspecified atom stereocenters. The Kier molecular flexibility index (Phi) is 32.1. The molecule has 0 radical (unpaired) electrons. The number of ether oxygens (including phenoxy) is 5. The number of methoxy groups -OCH3 is 1. The standard InChI is InChI=1S/C22H22Cl2N2O4S.C21H24ClN3O3S.C20H20N4O2S.C19H21ClN2O3S.C19H15ClN2OS/c1-3-6-26-19(22(28)29-2)18(13-4-5-15(23)16(24)11-13)14-12-17(31-20(14)21(26)27)25-7-9-30-10-8-25;1-12(2)23-20(26)18-17(13-3-5-14(22)6-4-13)15-11-16(25-7-9-28-10-8-25)29-19(15)21(27)24-18;25-19-18-17(23-20(27-18)24-7-9-26-10-8-24)16(4-6-22-19)14-2-1-13-3-5-21-12-15(13)11-14;20-13-3-1-12(2-4-13)15-5-6-21-19(24)18-16(15)9-17(26-18)22-7-8-25-14(10-22)11-23;1-22-11-16(12-2-4-14(20)5-3-12)15-10-17(24-18(15)19(22)23)13-6-8-21-9-7-13/h3-5,11-12,18-19H,1,6-10H2,2H3;3-6,11-12,17-18H,7-10H2,1-2H3,(H,23,26)(H,24,27);1-3,5,11-12,16H,4,6-10H2,(H,22,25);1-4,9,14-15,23H,5-8,10-11H2,(H,21,24);2-10,16H,11H2,1H3/t18-,19-;17-,18-;;14-,15?;/m11.0./s1. The molecule has 36 heteroatoms. The summed E-state index contributed by atoms with van der Waals surface area (Å²) in [5.41, 5.74) is 11.2. The van der Waals surface area contributed by atoms with Crippen molar-refractivity contribution >= 4 is 187 Å². The van der Waals surface area contributed by atoms with E-state index in [2.05, 4.69) is 93.8 Å². The molecular weight excluding hydrogens is 1940 g/mol. The van der Waals surface area contributed by atoms with Crippen molar-refractivity contribution in [3.63, 3.8) is 0 Å². The van der Waals surface area contributed by atoms with Crippen molar-refractivity contribution in [3.05, 3.63) is 294 Å². The van der Waals surface area contributed by atoms with Gasteiger partial charge in [0.25, 0.3) is 29.5 Å². The van der Waals surface area contributed by atoms with Crippen LogP contribution >= 0.6 is 115 Å². The van der Waals surface area contributed by atoms with Crippen molar-refractivity contribution in [2.24, 2.45) is 0 Å². The van der Waals surface area contributed by atoms with Crippen molar-refractivity contribution in [1.82, 2.24) is 46.0 Å². The predicted molar refractivity (Wildman–Crippen MR) is 545 cm³/mol. The van der Waals surface area contributed by atoms with Crippen molar-refractivity contribution in [2.75, 3.05) is 165 Å². The van der Waals surface area contributed by atoms with Gasteiger partial charge in [0.05, 0.1) is 116 Å². The minimum Gasteiger partial charge on any atom is -0.467 e. The summed E-state index contributed by atoms with van der Waals surface area (Å²) in [5, 5.41) is 30.5. The number of pyridine rings is 2. The largest absolute Gasteiger partial charge is 0.467 e. The maximum Gasteiger partial charge on any atom is 0.329 e. The highest BCUT2D eigenvalue weighted by atomic mass is 35.5. The second kappa shape index (κ2) is 44.8. The number of aromatic nitrogens is 3. The molecule has 9 aliphatic heterocycles. The molecule has 0 aliphatic carbocycles. The molecule has 12 aromatic rings. The van der Waals surface area contributed by atoms with Crippen LogP contribution in [0.3, 0.4) is 0 Å². The lowest BCUT2D eigenvalue weighted by atomic mass is 9.81. The van der Waals surface area contributed by atoms with Gasteiger partial charge in [-0.3, -0.25) is 38.7 Å². The molecule has 16 heterocycles. The molecule has 0 saturated carbocycles. The van der Waals surface area contributed by atoms with Gasteiger partial charge in [-0.1, -0.05) is 130 Å². The van der Waals surface area contributed by atoms with Gasteiger partial charge in [0.15, 0.2) is 5.13 Å². The summed E-state index contributed by atoms with van der Waals surface area (Å²) >= 11 is 38.1. The number of halogens is 5. The lowest BCUT2D eigenvalue weighted by molar-refractivity contribution is -0.146. The lowest BCUT2D eigenvalue weighted by Gasteiger charge is -2.39. The molecule has 9 aliphatic rings. The Morgan fingerprint density at radius 2 is 1.07 bits per heavy atom. The number of rotatable bonds is 16. The Bertz CT molecular complexity index is 6370. The van der Waals surface area contributed by atoms with E-state index in [1.165, 1.54) is 79.4 Å². The topological polar surface area (TPSA) is 292 Å². The van der Waals surface area contributed by atoms with Crippen LogP contribution in [0.25, 0.3) is 21.2 Å². The first-order valence-electron chi connectivity index (χ1n) is 45.4. The van der Waals surface area contributed by atoms with Gasteiger partial charge in [-0.05, 0) is 185 Å². The SMILES string of the molecule is C=CCN1C(=O)c2sc(N3CCOCC3)cc2[C@@H](c2ccc(Cl)c(Cl)c2)[C@@H]1C(=O)OC.CC(C)NC(=O)[C@@H]1NC(=O)c2sc(N3CCOCC3)cc2[C@H]1c1ccc(Cl)cc1.CN1CC(c2ccc(Cl)cc2)c2cc(-c3ccncc3)sc2C1=O.O=C1NCCC(c2ccc(Cl)cc2)c2cc(N3CCO[C@H](CO)C3)sc21.O=C1NCCC(c2ccc3ccncc3c2)c2nc(N3CCOCC3)sc21. The molecule has 0 spiro atoms. The van der Waals surface area contributed by atoms with E-state index in [1.807, 2.05) is 136 Å². The van der Waals surface area contributed by atoms with Crippen LogP contribution in [-0.2, 0) is 33.3 Å². The second-order valence-corrected chi connectivity index (χ2v) is 41.6. The van der Waals surface area contributed by atoms with Crippen LogP contribution in [0.4, 0.5) is 20.1 Å². The number of thiazole rings is 1. The number of carbonyl (C=O) groups excluding carboxylic acids is 7. The van der Waals surface area contributed by atoms with E-state index >= 15 is 0 Å². The van der Waals surface area contributed by atoms with Gasteiger partial charge >= 0.3 is 5.97 Å². The van der Waals surface area contributed by atoms with Gasteiger partial charge in [-0.15, -0.1) is 51.9 Å². The van der Waals surface area contributed by atoms with Gasteiger partial charge in [0.1, 0.15) is 17.0 Å². The van der Waals surface area contributed by atoms with Crippen LogP contribution in [0.2, 0.25) is 25.1 Å². The number of nitrogens with zero attached hydrogens (tertiary/aromatic N) is 9. The van der Waals surface area contributed by atoms with Crippen molar-refractivity contribution in [1.29, 1.82) is 0 Å². The molecule has 137 heavy (non-hydrogen) atoms. The Morgan fingerprint density at radius 3 is 1.68 bits per heavy atom. The first-order chi connectivity index (χ1) is 66.5. The zero-order valence-corrected chi connectivity index (χ0v) is 83.4. The molecule has 21 rings (SSSR count). The average molecular weight is 2040 g/mol. The van der Waals surface area contributed by atoms with Crippen LogP contribution in [0.15, 0.2) is 189 Å². The molecule has 8 atom stereocenters. The molecule has 714 valence electrons. The third kappa shape index (κ3) is 22.2. The number of likely N-dealkylation sites (N-methyl/N-ethyl adjacent to an activating group) is 1. The molecule has 5 aromatic carbocycles. The number of morpholine rings is 4. The number of amides is 6. The van der Waals surface area contributed by atoms with Crippen LogP contribution in [0.5, 0.6) is 0 Å². The summed E-state index contributed by atoms with van der Waals surface area (Å²) in [7, 11) is 3.19. The van der Waals surface area contributed by atoms with E-state index < -0.39 is 24.0 Å². The summed E-state index contributed by atoms with van der Waals surface area (Å²) in [5.74, 6) is -1.25. The molecule has 7 aromatic heterocycles. The third-order valence-electron chi connectivity index (χ3n) is 25.3. The number of aliphatic hydroxyl groups is 1. The number of thiophene rings is 4. The molecule has 5 N–H and O–H groups in total. The second-order valence-electron chi connectivity index (χ2n) is 34.4. The Hall–Kier alpha value is -10.4. The lowest BCUT2D eigenvalue weighted by Crippen LogP contribution is -2.54. The van der Waals surface area contributed by atoms with Gasteiger partial charge in [-0.25, -0.2) is 9.78 Å². The molecule has 6 amide bonds. The normalized spacial score (nSPS) is 20.7. The summed E-state index contributed by atoms with van der Waals surface area (Å²) in [4.78, 5) is 120. The maximum absolute atomic E-state index is 13.4. The first kappa shape index (κ1) is 98.2. The fraction of sp³-hybridized carbons (Fsp3) is 0.347. The highest BCUT2D eigenvalue weighted by Gasteiger charge is 2.48. The number of aliphatic hydroxyl groups excluding tert-OH is 1. The number of esters is 1. The van der Waals surface area contributed by atoms with Crippen LogP contribution < -0.4 is 40.9 Å². The Labute approximate surface area is 839 Å². The number of hydrogen-bond donors (Lipinski definition) is 5. The smallest absolute Gasteiger partial charge is 0.329 e. The predicted octanol–water partition coefficient (Wildman–Crippen LogP) is 17.6. The fourth-order valence-electron chi connectivity index (χ4n) is 18.5.